The van der Waals surface area contributed by atoms with Crippen molar-refractivity contribution in [2.75, 3.05) is 11.4 Å². The topological polar surface area (TPSA) is 113 Å². The Morgan fingerprint density at radius 1 is 1.43 bits per heavy atom. The second kappa shape index (κ2) is 4.39. The highest BCUT2D eigenvalue weighted by molar-refractivity contribution is 6.02. The van der Waals surface area contributed by atoms with Gasteiger partial charge in [-0.3, -0.25) is 14.9 Å². The second-order valence-corrected chi connectivity index (χ2v) is 5.92. The molecule has 1 spiro atoms. The average Bonchev–Trinajstić information content (AvgIpc) is 3.15. The molecule has 23 heavy (non-hydrogen) atoms. The number of carbonyl (C=O) groups excluding carboxylic acids is 2. The predicted octanol–water partition coefficient (Wildman–Crippen LogP) is -0.369. The second-order valence-electron chi connectivity index (χ2n) is 5.92. The third-order valence-corrected chi connectivity index (χ3v) is 4.72. The Balaban J connectivity index is 1.73. The third-order valence-electron chi connectivity index (χ3n) is 4.72. The van der Waals surface area contributed by atoms with Gasteiger partial charge >= 0.3 is 0 Å². The molecule has 3 heterocycles. The van der Waals surface area contributed by atoms with Crippen LogP contribution < -0.4 is 10.0 Å². The molecule has 4 atom stereocenters. The number of fused-ring (bicyclic) bond motifs is 1. The summed E-state index contributed by atoms with van der Waals surface area (Å²) in [4.78, 5) is 35.8. The number of nitro benzene ring substituents is 1. The van der Waals surface area contributed by atoms with Gasteiger partial charge in [0.2, 0.25) is 5.91 Å². The molecule has 1 aromatic rings. The Kier molecular flexibility index (Phi) is 2.65. The molecular weight excluding hydrogens is 304 g/mol. The average molecular weight is 315 g/mol. The lowest BCUT2D eigenvalue weighted by Crippen LogP contribution is -2.45. The summed E-state index contributed by atoms with van der Waals surface area (Å²) in [6.45, 7) is 0.133. The smallest absolute Gasteiger partial charge is 0.271 e. The largest absolute Gasteiger partial charge is 0.550 e. The van der Waals surface area contributed by atoms with Crippen LogP contribution in [0.2, 0.25) is 0 Å². The maximum absolute atomic E-state index is 12.7. The van der Waals surface area contributed by atoms with Crippen molar-refractivity contribution in [2.24, 2.45) is 11.8 Å². The van der Waals surface area contributed by atoms with E-state index < -0.39 is 40.3 Å². The van der Waals surface area contributed by atoms with Crippen molar-refractivity contribution in [1.82, 2.24) is 0 Å². The fraction of sp³-hybridized carbons (Fsp3) is 0.333. The lowest BCUT2D eigenvalue weighted by atomic mass is 9.77. The standard InChI is InChI=1S/C15H12N2O6/c18-13-12-11(14(19)20)10-4-5-15(12,23-10)7-16(13)8-2-1-3-9(6-8)17(21)22/h1-6,10-12H,7H2,(H,19,20)/p-1/t10-,11+,12+,15-/m0/s1. The van der Waals surface area contributed by atoms with Gasteiger partial charge in [-0.1, -0.05) is 18.2 Å². The van der Waals surface area contributed by atoms with E-state index in [0.29, 0.717) is 5.69 Å². The fourth-order valence-corrected chi connectivity index (χ4v) is 3.76. The summed E-state index contributed by atoms with van der Waals surface area (Å²) in [7, 11) is 0. The summed E-state index contributed by atoms with van der Waals surface area (Å²) in [5.41, 5.74) is -0.774. The van der Waals surface area contributed by atoms with Gasteiger partial charge in [-0.05, 0) is 6.07 Å². The molecule has 2 bridgehead atoms. The molecule has 0 radical (unpaired) electrons. The first-order valence-electron chi connectivity index (χ1n) is 7.07. The van der Waals surface area contributed by atoms with Gasteiger partial charge in [0.25, 0.3) is 5.69 Å². The highest BCUT2D eigenvalue weighted by Gasteiger charge is 2.65. The minimum absolute atomic E-state index is 0.133. The molecule has 0 N–H and O–H groups in total. The molecular formula is C15H11N2O6-. The third kappa shape index (κ3) is 1.75. The monoisotopic (exact) mass is 315 g/mol. The molecule has 1 aromatic carbocycles. The predicted molar refractivity (Wildman–Crippen MR) is 74.2 cm³/mol. The number of hydrogen-bond acceptors (Lipinski definition) is 6. The maximum Gasteiger partial charge on any atom is 0.271 e. The summed E-state index contributed by atoms with van der Waals surface area (Å²) < 4.78 is 5.73. The van der Waals surface area contributed by atoms with Gasteiger partial charge in [0, 0.05) is 24.0 Å². The Morgan fingerprint density at radius 3 is 2.91 bits per heavy atom. The fourth-order valence-electron chi connectivity index (χ4n) is 3.76. The van der Waals surface area contributed by atoms with Crippen LogP contribution in [0.1, 0.15) is 0 Å². The highest BCUT2D eigenvalue weighted by Crippen LogP contribution is 2.52. The molecule has 8 nitrogen and oxygen atoms in total. The molecule has 118 valence electrons. The lowest BCUT2D eigenvalue weighted by molar-refractivity contribution is -0.384. The number of carboxylic acid groups (broad SMARTS) is 1. The van der Waals surface area contributed by atoms with Gasteiger partial charge in [0.15, 0.2) is 0 Å². The molecule has 0 aliphatic carbocycles. The van der Waals surface area contributed by atoms with Crippen molar-refractivity contribution < 1.29 is 24.4 Å². The van der Waals surface area contributed by atoms with Crippen LogP contribution in [0.5, 0.6) is 0 Å². The lowest BCUT2D eigenvalue weighted by Gasteiger charge is -2.24. The zero-order chi connectivity index (χ0) is 16.4. The van der Waals surface area contributed by atoms with E-state index in [2.05, 4.69) is 0 Å². The Bertz CT molecular complexity index is 775. The Labute approximate surface area is 130 Å². The number of benzene rings is 1. The molecule has 2 fully saturated rings. The molecule has 8 heteroatoms. The van der Waals surface area contributed by atoms with Gasteiger partial charge in [-0.25, -0.2) is 0 Å². The van der Waals surface area contributed by atoms with E-state index in [9.17, 15) is 24.8 Å². The molecule has 3 aliphatic heterocycles. The van der Waals surface area contributed by atoms with Crippen molar-refractivity contribution >= 4 is 23.3 Å². The zero-order valence-electron chi connectivity index (χ0n) is 11.7. The molecule has 1 amide bonds. The first-order valence-corrected chi connectivity index (χ1v) is 7.07. The van der Waals surface area contributed by atoms with E-state index in [1.54, 1.807) is 18.2 Å². The van der Waals surface area contributed by atoms with Gasteiger partial charge < -0.3 is 19.5 Å². The van der Waals surface area contributed by atoms with Crippen molar-refractivity contribution in [2.45, 2.75) is 11.7 Å². The van der Waals surface area contributed by atoms with Crippen molar-refractivity contribution in [3.8, 4) is 0 Å². The van der Waals surface area contributed by atoms with E-state index in [4.69, 9.17) is 4.74 Å². The first kappa shape index (κ1) is 13.9. The quantitative estimate of drug-likeness (QED) is 0.427. The normalized spacial score (nSPS) is 34.0. The van der Waals surface area contributed by atoms with Crippen LogP contribution in [-0.2, 0) is 14.3 Å². The van der Waals surface area contributed by atoms with E-state index in [1.807, 2.05) is 0 Å². The van der Waals surface area contributed by atoms with Crippen LogP contribution in [0, 0.1) is 22.0 Å². The molecule has 0 aromatic heterocycles. The van der Waals surface area contributed by atoms with Gasteiger partial charge in [0.1, 0.15) is 5.60 Å². The number of carboxylic acids is 1. The molecule has 4 rings (SSSR count). The number of carbonyl (C=O) groups is 2. The van der Waals surface area contributed by atoms with Crippen LogP contribution in [-0.4, -0.2) is 35.0 Å². The van der Waals surface area contributed by atoms with E-state index in [0.717, 1.165) is 0 Å². The minimum atomic E-state index is -1.32. The maximum atomic E-state index is 12.7. The minimum Gasteiger partial charge on any atom is -0.550 e. The highest BCUT2D eigenvalue weighted by atomic mass is 16.6. The van der Waals surface area contributed by atoms with Crippen LogP contribution in [0.15, 0.2) is 36.4 Å². The number of hydrogen-bond donors (Lipinski definition) is 0. The van der Waals surface area contributed by atoms with Crippen molar-refractivity contribution in [1.29, 1.82) is 0 Å². The van der Waals surface area contributed by atoms with Crippen LogP contribution in [0.4, 0.5) is 11.4 Å². The number of nitrogens with zero attached hydrogens (tertiary/aromatic N) is 2. The van der Waals surface area contributed by atoms with E-state index >= 15 is 0 Å². The molecule has 2 saturated heterocycles. The molecule has 3 aliphatic rings. The molecule has 0 unspecified atom stereocenters. The van der Waals surface area contributed by atoms with Gasteiger partial charge in [0.05, 0.1) is 29.2 Å². The van der Waals surface area contributed by atoms with Crippen LogP contribution in [0.3, 0.4) is 0 Å². The number of non-ortho nitro benzene ring substituents is 1. The number of anilines is 1. The number of ether oxygens (including phenoxy) is 1. The summed E-state index contributed by atoms with van der Waals surface area (Å²) in [6, 6.07) is 5.68. The Morgan fingerprint density at radius 2 is 2.22 bits per heavy atom. The van der Waals surface area contributed by atoms with E-state index in [1.165, 1.54) is 23.1 Å². The number of rotatable bonds is 3. The van der Waals surface area contributed by atoms with Crippen molar-refractivity contribution in [3.63, 3.8) is 0 Å². The summed E-state index contributed by atoms with van der Waals surface area (Å²) in [5.74, 6) is -3.62. The Hall–Kier alpha value is -2.74. The van der Waals surface area contributed by atoms with Gasteiger partial charge in [-0.15, -0.1) is 0 Å². The van der Waals surface area contributed by atoms with Crippen LogP contribution >= 0.6 is 0 Å². The van der Waals surface area contributed by atoms with E-state index in [-0.39, 0.29) is 12.2 Å². The number of amides is 1. The number of aliphatic carboxylic acids is 1. The summed E-state index contributed by atoms with van der Waals surface area (Å²) in [5, 5.41) is 22.3. The summed E-state index contributed by atoms with van der Waals surface area (Å²) >= 11 is 0. The van der Waals surface area contributed by atoms with Gasteiger partial charge in [-0.2, -0.15) is 0 Å². The SMILES string of the molecule is O=C([O-])[C@@H]1[C@@H]2C=C[C@@]3(CN(c4cccc([N+](=O)[O-])c4)C(=O)[C@@H]13)O2. The number of nitro groups is 1. The first-order chi connectivity index (χ1) is 10.9. The molecule has 0 saturated carbocycles. The zero-order valence-corrected chi connectivity index (χ0v) is 11.7. The van der Waals surface area contributed by atoms with Crippen molar-refractivity contribution in [3.05, 3.63) is 46.5 Å². The van der Waals surface area contributed by atoms with Crippen LogP contribution in [0.25, 0.3) is 0 Å². The summed E-state index contributed by atoms with van der Waals surface area (Å²) in [6.07, 6.45) is 2.71.